The second-order valence-corrected chi connectivity index (χ2v) is 7.08. The van der Waals surface area contributed by atoms with Crippen LogP contribution in [0.25, 0.3) is 5.57 Å². The van der Waals surface area contributed by atoms with Crippen LogP contribution in [0.5, 0.6) is 5.88 Å². The van der Waals surface area contributed by atoms with Crippen molar-refractivity contribution < 1.29 is 4.74 Å². The smallest absolute Gasteiger partial charge is 0.269 e. The van der Waals surface area contributed by atoms with Gasteiger partial charge in [-0.25, -0.2) is 4.98 Å². The van der Waals surface area contributed by atoms with Crippen molar-refractivity contribution in [2.45, 2.75) is 33.3 Å². The number of allylic oxidation sites excluding steroid dienone is 2. The standard InChI is InChI=1S/C19H19Cl2N3O2/c1-10-7-13(26-19-17(21)11(2)15(20)8-23-19)5-6-14(10)18-12(3)22-9-16(25)24(18)4/h6-9,13H,5H2,1-4H3. The van der Waals surface area contributed by atoms with Gasteiger partial charge in [0.1, 0.15) is 11.1 Å². The normalized spacial score (nSPS) is 16.9. The lowest BCUT2D eigenvalue weighted by atomic mass is 9.93. The van der Waals surface area contributed by atoms with Crippen molar-refractivity contribution in [3.8, 4) is 5.88 Å². The molecule has 0 saturated carbocycles. The van der Waals surface area contributed by atoms with E-state index in [4.69, 9.17) is 27.9 Å². The van der Waals surface area contributed by atoms with Gasteiger partial charge in [0.15, 0.2) is 0 Å². The Hall–Kier alpha value is -2.11. The first-order valence-electron chi connectivity index (χ1n) is 8.18. The molecule has 0 spiro atoms. The van der Waals surface area contributed by atoms with Crippen LogP contribution >= 0.6 is 23.2 Å². The first kappa shape index (κ1) is 18.7. The fourth-order valence-electron chi connectivity index (χ4n) is 2.99. The zero-order chi connectivity index (χ0) is 19.0. The van der Waals surface area contributed by atoms with Gasteiger partial charge in [-0.3, -0.25) is 9.78 Å². The zero-order valence-electron chi connectivity index (χ0n) is 15.0. The van der Waals surface area contributed by atoms with Crippen LogP contribution in [0.3, 0.4) is 0 Å². The van der Waals surface area contributed by atoms with E-state index < -0.39 is 0 Å². The Balaban J connectivity index is 1.88. The van der Waals surface area contributed by atoms with Gasteiger partial charge < -0.3 is 9.30 Å². The van der Waals surface area contributed by atoms with Crippen LogP contribution in [0.2, 0.25) is 10.0 Å². The highest BCUT2D eigenvalue weighted by molar-refractivity contribution is 6.36. The molecular formula is C19H19Cl2N3O2. The molecule has 3 rings (SSSR count). The van der Waals surface area contributed by atoms with Crippen LogP contribution in [0, 0.1) is 13.8 Å². The van der Waals surface area contributed by atoms with Gasteiger partial charge in [0, 0.05) is 19.7 Å². The van der Waals surface area contributed by atoms with Gasteiger partial charge in [0.2, 0.25) is 5.88 Å². The summed E-state index contributed by atoms with van der Waals surface area (Å²) in [6.07, 6.45) is 7.37. The number of ether oxygens (including phenoxy) is 1. The molecule has 0 aliphatic heterocycles. The molecule has 0 N–H and O–H groups in total. The number of nitrogens with zero attached hydrogens (tertiary/aromatic N) is 3. The molecule has 0 amide bonds. The molecule has 5 nitrogen and oxygen atoms in total. The number of rotatable bonds is 3. The Morgan fingerprint density at radius 2 is 1.92 bits per heavy atom. The third kappa shape index (κ3) is 3.41. The van der Waals surface area contributed by atoms with E-state index in [0.717, 1.165) is 28.1 Å². The maximum absolute atomic E-state index is 11.9. The van der Waals surface area contributed by atoms with Crippen LogP contribution < -0.4 is 10.3 Å². The molecule has 1 unspecified atom stereocenters. The van der Waals surface area contributed by atoms with Crippen molar-refractivity contribution in [3.63, 3.8) is 0 Å². The van der Waals surface area contributed by atoms with Gasteiger partial charge in [-0.15, -0.1) is 0 Å². The molecule has 1 aliphatic carbocycles. The van der Waals surface area contributed by atoms with Crippen LogP contribution in [-0.4, -0.2) is 20.6 Å². The van der Waals surface area contributed by atoms with E-state index in [1.807, 2.05) is 26.8 Å². The number of hydrogen-bond acceptors (Lipinski definition) is 4. The maximum atomic E-state index is 11.9. The van der Waals surface area contributed by atoms with Crippen LogP contribution in [-0.2, 0) is 7.05 Å². The van der Waals surface area contributed by atoms with E-state index in [-0.39, 0.29) is 11.7 Å². The van der Waals surface area contributed by atoms with Crippen molar-refractivity contribution in [1.82, 2.24) is 14.5 Å². The van der Waals surface area contributed by atoms with E-state index in [1.54, 1.807) is 11.6 Å². The van der Waals surface area contributed by atoms with Crippen molar-refractivity contribution in [2.75, 3.05) is 0 Å². The summed E-state index contributed by atoms with van der Waals surface area (Å²) in [5, 5.41) is 0.927. The van der Waals surface area contributed by atoms with Gasteiger partial charge in [-0.1, -0.05) is 29.3 Å². The number of pyridine rings is 1. The fraction of sp³-hybridized carbons (Fsp3) is 0.316. The lowest BCUT2D eigenvalue weighted by Gasteiger charge is -2.23. The molecule has 136 valence electrons. The third-order valence-corrected chi connectivity index (χ3v) is 5.31. The molecule has 0 fully saturated rings. The van der Waals surface area contributed by atoms with Gasteiger partial charge in [0.25, 0.3) is 5.56 Å². The molecule has 0 radical (unpaired) electrons. The number of aryl methyl sites for hydroxylation is 1. The zero-order valence-corrected chi connectivity index (χ0v) is 16.5. The minimum atomic E-state index is -0.196. The monoisotopic (exact) mass is 391 g/mol. The Morgan fingerprint density at radius 1 is 1.19 bits per heavy atom. The molecule has 0 saturated heterocycles. The predicted octanol–water partition coefficient (Wildman–Crippen LogP) is 4.28. The maximum Gasteiger partial charge on any atom is 0.269 e. The topological polar surface area (TPSA) is 57.0 Å². The second-order valence-electron chi connectivity index (χ2n) is 6.30. The fourth-order valence-corrected chi connectivity index (χ4v) is 3.37. The first-order valence-corrected chi connectivity index (χ1v) is 8.94. The number of aromatic nitrogens is 3. The van der Waals surface area contributed by atoms with Crippen molar-refractivity contribution in [3.05, 3.63) is 67.5 Å². The van der Waals surface area contributed by atoms with E-state index >= 15 is 0 Å². The predicted molar refractivity (Wildman–Crippen MR) is 104 cm³/mol. The van der Waals surface area contributed by atoms with Gasteiger partial charge in [-0.05, 0) is 43.6 Å². The minimum Gasteiger partial charge on any atom is -0.469 e. The lowest BCUT2D eigenvalue weighted by molar-refractivity contribution is 0.241. The molecule has 1 atom stereocenters. The summed E-state index contributed by atoms with van der Waals surface area (Å²) in [6.45, 7) is 5.71. The largest absolute Gasteiger partial charge is 0.469 e. The summed E-state index contributed by atoms with van der Waals surface area (Å²) in [5.41, 5.74) is 4.24. The summed E-state index contributed by atoms with van der Waals surface area (Å²) in [5.74, 6) is 0.365. The van der Waals surface area contributed by atoms with Crippen molar-refractivity contribution >= 4 is 28.8 Å². The first-order chi connectivity index (χ1) is 12.3. The summed E-state index contributed by atoms with van der Waals surface area (Å²) in [4.78, 5) is 20.3. The highest BCUT2D eigenvalue weighted by Gasteiger charge is 2.21. The minimum absolute atomic E-state index is 0.134. The van der Waals surface area contributed by atoms with Crippen molar-refractivity contribution in [2.24, 2.45) is 7.05 Å². The Labute approximate surface area is 162 Å². The number of hydrogen-bond donors (Lipinski definition) is 0. The summed E-state index contributed by atoms with van der Waals surface area (Å²) in [6, 6.07) is 0. The van der Waals surface area contributed by atoms with Gasteiger partial charge in [-0.2, -0.15) is 0 Å². The van der Waals surface area contributed by atoms with Crippen molar-refractivity contribution in [1.29, 1.82) is 0 Å². The molecule has 2 heterocycles. The average molecular weight is 392 g/mol. The van der Waals surface area contributed by atoms with Crippen LogP contribution in [0.15, 0.2) is 34.9 Å². The van der Waals surface area contributed by atoms with Gasteiger partial charge in [0.05, 0.1) is 22.6 Å². The summed E-state index contributed by atoms with van der Waals surface area (Å²) < 4.78 is 7.57. The quantitative estimate of drug-likeness (QED) is 0.783. The van der Waals surface area contributed by atoms with Crippen LogP contribution in [0.1, 0.15) is 30.3 Å². The molecule has 0 bridgehead atoms. The molecular weight excluding hydrogens is 373 g/mol. The second kappa shape index (κ2) is 7.25. The van der Waals surface area contributed by atoms with E-state index in [1.165, 1.54) is 12.4 Å². The van der Waals surface area contributed by atoms with Crippen LogP contribution in [0.4, 0.5) is 0 Å². The van der Waals surface area contributed by atoms with Gasteiger partial charge >= 0.3 is 0 Å². The lowest BCUT2D eigenvalue weighted by Crippen LogP contribution is -2.23. The molecule has 1 aliphatic rings. The van der Waals surface area contributed by atoms with E-state index in [9.17, 15) is 4.79 Å². The summed E-state index contributed by atoms with van der Waals surface area (Å²) >= 11 is 12.3. The molecule has 0 aromatic carbocycles. The highest BCUT2D eigenvalue weighted by atomic mass is 35.5. The Kier molecular flexibility index (Phi) is 5.21. The average Bonchev–Trinajstić information content (AvgIpc) is 2.61. The Morgan fingerprint density at radius 3 is 2.62 bits per heavy atom. The van der Waals surface area contributed by atoms with E-state index in [0.29, 0.717) is 22.3 Å². The molecule has 7 heteroatoms. The molecule has 26 heavy (non-hydrogen) atoms. The molecule has 2 aromatic rings. The number of halogens is 2. The van der Waals surface area contributed by atoms with E-state index in [2.05, 4.69) is 16.0 Å². The highest BCUT2D eigenvalue weighted by Crippen LogP contribution is 2.34. The summed E-state index contributed by atoms with van der Waals surface area (Å²) in [7, 11) is 1.75. The SMILES string of the molecule is CC1=CC(Oc2ncc(Cl)c(C)c2Cl)CC=C1c1c(C)ncc(=O)n1C. The molecule has 2 aromatic heterocycles. The Bertz CT molecular complexity index is 993. The third-order valence-electron chi connectivity index (χ3n) is 4.48.